The van der Waals surface area contributed by atoms with Crippen LogP contribution in [0.25, 0.3) is 0 Å². The maximum Gasteiger partial charge on any atom is 0.307 e. The van der Waals surface area contributed by atoms with Crippen molar-refractivity contribution in [1.29, 1.82) is 0 Å². The van der Waals surface area contributed by atoms with Gasteiger partial charge in [0.25, 0.3) is 0 Å². The molecule has 0 heterocycles. The Balaban J connectivity index is 2.12. The number of nitrogens with two attached hydrogens (primary N) is 1. The summed E-state index contributed by atoms with van der Waals surface area (Å²) in [6.45, 7) is 0. The number of carbonyl (C=O) groups is 2. The highest BCUT2D eigenvalue weighted by Gasteiger charge is 2.51. The van der Waals surface area contributed by atoms with E-state index < -0.39 is 23.7 Å². The minimum atomic E-state index is -0.871. The molecule has 4 nitrogen and oxygen atoms in total. The Morgan fingerprint density at radius 1 is 1.21 bits per heavy atom. The van der Waals surface area contributed by atoms with Crippen LogP contribution in [0.1, 0.15) is 32.1 Å². The molecule has 0 saturated heterocycles. The first-order valence-corrected chi connectivity index (χ1v) is 5.06. The Morgan fingerprint density at radius 3 is 2.29 bits per heavy atom. The Kier molecular flexibility index (Phi) is 2.01. The Labute approximate surface area is 82.5 Å². The first kappa shape index (κ1) is 9.49. The van der Waals surface area contributed by atoms with Gasteiger partial charge in [0.1, 0.15) is 0 Å². The molecule has 0 unspecified atom stereocenters. The molecule has 2 rings (SSSR count). The van der Waals surface area contributed by atoms with Crippen molar-refractivity contribution in [3.8, 4) is 0 Å². The summed E-state index contributed by atoms with van der Waals surface area (Å²) in [6, 6.07) is 0. The van der Waals surface area contributed by atoms with Gasteiger partial charge < -0.3 is 10.8 Å². The highest BCUT2D eigenvalue weighted by Crippen LogP contribution is 2.58. The van der Waals surface area contributed by atoms with Gasteiger partial charge in [0, 0.05) is 0 Å². The molecule has 14 heavy (non-hydrogen) atoms. The molecule has 1 spiro atoms. The van der Waals surface area contributed by atoms with Crippen LogP contribution in [0.3, 0.4) is 0 Å². The van der Waals surface area contributed by atoms with E-state index in [1.54, 1.807) is 0 Å². The summed E-state index contributed by atoms with van der Waals surface area (Å²) in [7, 11) is 0. The van der Waals surface area contributed by atoms with Crippen molar-refractivity contribution in [2.24, 2.45) is 23.0 Å². The predicted octanol–water partition coefficient (Wildman–Crippen LogP) is 0.753. The summed E-state index contributed by atoms with van der Waals surface area (Å²) in [5, 5.41) is 8.94. The number of hydrogen-bond donors (Lipinski definition) is 2. The second-order valence-corrected chi connectivity index (χ2v) is 4.70. The Bertz CT molecular complexity index is 283. The SMILES string of the molecule is NC(=O)[C@H]1CC2(CC[C@@H]1C(=O)O)CC2. The van der Waals surface area contributed by atoms with Crippen molar-refractivity contribution in [2.75, 3.05) is 0 Å². The lowest BCUT2D eigenvalue weighted by atomic mass is 9.72. The van der Waals surface area contributed by atoms with E-state index in [1.807, 2.05) is 0 Å². The van der Waals surface area contributed by atoms with Gasteiger partial charge in [-0.05, 0) is 37.5 Å². The topological polar surface area (TPSA) is 80.4 Å². The normalized spacial score (nSPS) is 34.0. The average molecular weight is 197 g/mol. The number of amides is 1. The number of rotatable bonds is 2. The third-order valence-corrected chi connectivity index (χ3v) is 3.76. The van der Waals surface area contributed by atoms with Gasteiger partial charge in [-0.1, -0.05) is 0 Å². The lowest BCUT2D eigenvalue weighted by molar-refractivity contribution is -0.149. The van der Waals surface area contributed by atoms with E-state index in [-0.39, 0.29) is 5.41 Å². The molecular formula is C10H15NO3. The first-order valence-electron chi connectivity index (χ1n) is 5.06. The summed E-state index contributed by atoms with van der Waals surface area (Å²) in [6.07, 6.45) is 4.54. The van der Waals surface area contributed by atoms with Gasteiger partial charge in [-0.2, -0.15) is 0 Å². The molecule has 0 aromatic rings. The van der Waals surface area contributed by atoms with Gasteiger partial charge in [-0.3, -0.25) is 9.59 Å². The van der Waals surface area contributed by atoms with Gasteiger partial charge >= 0.3 is 5.97 Å². The molecule has 2 fully saturated rings. The van der Waals surface area contributed by atoms with Crippen molar-refractivity contribution in [2.45, 2.75) is 32.1 Å². The van der Waals surface area contributed by atoms with E-state index >= 15 is 0 Å². The third kappa shape index (κ3) is 1.49. The zero-order valence-corrected chi connectivity index (χ0v) is 8.03. The van der Waals surface area contributed by atoms with E-state index in [4.69, 9.17) is 10.8 Å². The minimum Gasteiger partial charge on any atom is -0.481 e. The van der Waals surface area contributed by atoms with Crippen LogP contribution in [0.15, 0.2) is 0 Å². The maximum atomic E-state index is 11.1. The summed E-state index contributed by atoms with van der Waals surface area (Å²) >= 11 is 0. The second kappa shape index (κ2) is 2.97. The van der Waals surface area contributed by atoms with Crippen LogP contribution in [-0.4, -0.2) is 17.0 Å². The molecule has 4 heteroatoms. The average Bonchev–Trinajstić information content (AvgIpc) is 2.84. The lowest BCUT2D eigenvalue weighted by Gasteiger charge is -2.32. The Morgan fingerprint density at radius 2 is 1.86 bits per heavy atom. The minimum absolute atomic E-state index is 0.283. The first-order chi connectivity index (χ1) is 6.54. The van der Waals surface area contributed by atoms with Gasteiger partial charge in [0.2, 0.25) is 5.91 Å². The fraction of sp³-hybridized carbons (Fsp3) is 0.800. The van der Waals surface area contributed by atoms with Crippen molar-refractivity contribution < 1.29 is 14.7 Å². The monoisotopic (exact) mass is 197 g/mol. The van der Waals surface area contributed by atoms with E-state index in [0.29, 0.717) is 12.8 Å². The fourth-order valence-corrected chi connectivity index (χ4v) is 2.60. The van der Waals surface area contributed by atoms with E-state index in [9.17, 15) is 9.59 Å². The molecular weight excluding hydrogens is 182 g/mol. The van der Waals surface area contributed by atoms with Crippen LogP contribution < -0.4 is 5.73 Å². The molecule has 0 aliphatic heterocycles. The molecule has 1 amide bonds. The molecule has 0 aromatic heterocycles. The molecule has 2 atom stereocenters. The summed E-state index contributed by atoms with van der Waals surface area (Å²) in [5.74, 6) is -2.30. The van der Waals surface area contributed by atoms with Crippen molar-refractivity contribution in [1.82, 2.24) is 0 Å². The number of carboxylic acid groups (broad SMARTS) is 1. The van der Waals surface area contributed by atoms with Crippen molar-refractivity contribution in [3.05, 3.63) is 0 Å². The molecule has 0 radical (unpaired) electrons. The zero-order chi connectivity index (χ0) is 10.3. The quantitative estimate of drug-likeness (QED) is 0.685. The van der Waals surface area contributed by atoms with E-state index in [0.717, 1.165) is 19.3 Å². The van der Waals surface area contributed by atoms with Crippen molar-refractivity contribution >= 4 is 11.9 Å². The summed E-state index contributed by atoms with van der Waals surface area (Å²) < 4.78 is 0. The maximum absolute atomic E-state index is 11.1. The summed E-state index contributed by atoms with van der Waals surface area (Å²) in [5.41, 5.74) is 5.53. The lowest BCUT2D eigenvalue weighted by Crippen LogP contribution is -2.39. The molecule has 2 aliphatic rings. The largest absolute Gasteiger partial charge is 0.481 e. The van der Waals surface area contributed by atoms with Gasteiger partial charge in [-0.25, -0.2) is 0 Å². The number of primary amides is 1. The Hall–Kier alpha value is -1.06. The van der Waals surface area contributed by atoms with Gasteiger partial charge in [0.15, 0.2) is 0 Å². The number of carbonyl (C=O) groups excluding carboxylic acids is 1. The fourth-order valence-electron chi connectivity index (χ4n) is 2.60. The molecule has 2 saturated carbocycles. The molecule has 0 aromatic carbocycles. The van der Waals surface area contributed by atoms with Gasteiger partial charge in [-0.15, -0.1) is 0 Å². The van der Waals surface area contributed by atoms with Gasteiger partial charge in [0.05, 0.1) is 11.8 Å². The van der Waals surface area contributed by atoms with Crippen LogP contribution in [0, 0.1) is 17.3 Å². The highest BCUT2D eigenvalue weighted by atomic mass is 16.4. The summed E-state index contributed by atoms with van der Waals surface area (Å²) in [4.78, 5) is 22.0. The van der Waals surface area contributed by atoms with Crippen LogP contribution in [0.2, 0.25) is 0 Å². The molecule has 2 aliphatic carbocycles. The van der Waals surface area contributed by atoms with Crippen LogP contribution >= 0.6 is 0 Å². The van der Waals surface area contributed by atoms with E-state index in [2.05, 4.69) is 0 Å². The highest BCUT2D eigenvalue weighted by molar-refractivity contribution is 5.83. The number of hydrogen-bond acceptors (Lipinski definition) is 2. The predicted molar refractivity (Wildman–Crippen MR) is 49.3 cm³/mol. The third-order valence-electron chi connectivity index (χ3n) is 3.76. The van der Waals surface area contributed by atoms with Crippen molar-refractivity contribution in [3.63, 3.8) is 0 Å². The number of aliphatic carboxylic acids is 1. The molecule has 78 valence electrons. The molecule has 3 N–H and O–H groups in total. The van der Waals surface area contributed by atoms with Crippen LogP contribution in [-0.2, 0) is 9.59 Å². The molecule has 0 bridgehead atoms. The standard InChI is InChI=1S/C10H15NO3/c11-8(12)7-5-10(3-4-10)2-1-6(7)9(13)14/h6-7H,1-5H2,(H2,11,12)(H,13,14)/t6-,7-/m0/s1. The van der Waals surface area contributed by atoms with E-state index in [1.165, 1.54) is 0 Å². The zero-order valence-electron chi connectivity index (χ0n) is 8.03. The number of carboxylic acids is 1. The van der Waals surface area contributed by atoms with Crippen LogP contribution in [0.4, 0.5) is 0 Å². The smallest absolute Gasteiger partial charge is 0.307 e. The van der Waals surface area contributed by atoms with Crippen LogP contribution in [0.5, 0.6) is 0 Å². The second-order valence-electron chi connectivity index (χ2n) is 4.70.